The molecule has 90 valence electrons. The van der Waals surface area contributed by atoms with E-state index in [0.29, 0.717) is 10.7 Å². The number of nitrogens with one attached hydrogen (secondary N) is 1. The predicted molar refractivity (Wildman–Crippen MR) is 68.6 cm³/mol. The molecule has 0 aliphatic rings. The van der Waals surface area contributed by atoms with E-state index >= 15 is 0 Å². The number of hydrogen-bond donors (Lipinski definition) is 1. The monoisotopic (exact) mass is 261 g/mol. The highest BCUT2D eigenvalue weighted by Gasteiger charge is 2.12. The minimum absolute atomic E-state index is 0.267. The lowest BCUT2D eigenvalue weighted by molar-refractivity contribution is 0.606. The van der Waals surface area contributed by atoms with E-state index in [1.54, 1.807) is 12.1 Å². The van der Waals surface area contributed by atoms with Gasteiger partial charge in [-0.2, -0.15) is 0 Å². The van der Waals surface area contributed by atoms with Gasteiger partial charge in [0.05, 0.1) is 11.9 Å². The fourth-order valence-electron chi connectivity index (χ4n) is 1.45. The number of sulfonamides is 1. The number of anilines is 1. The SMILES string of the molecule is CCC(C)c1cc(Cl)ccc1NS(C)(=O)=O. The van der Waals surface area contributed by atoms with Crippen LogP contribution < -0.4 is 4.72 Å². The summed E-state index contributed by atoms with van der Waals surface area (Å²) in [6.07, 6.45) is 2.07. The molecule has 0 fully saturated rings. The van der Waals surface area contributed by atoms with Crippen molar-refractivity contribution < 1.29 is 8.42 Å². The van der Waals surface area contributed by atoms with Crippen LogP contribution in [0.4, 0.5) is 5.69 Å². The van der Waals surface area contributed by atoms with Crippen molar-refractivity contribution in [2.75, 3.05) is 11.0 Å². The quantitative estimate of drug-likeness (QED) is 0.905. The predicted octanol–water partition coefficient (Wildman–Crippen LogP) is 3.23. The molecule has 0 amide bonds. The Morgan fingerprint density at radius 2 is 2.06 bits per heavy atom. The van der Waals surface area contributed by atoms with Gasteiger partial charge >= 0.3 is 0 Å². The lowest BCUT2D eigenvalue weighted by Crippen LogP contribution is -2.12. The first kappa shape index (κ1) is 13.3. The Bertz CT molecular complexity index is 471. The molecule has 16 heavy (non-hydrogen) atoms. The summed E-state index contributed by atoms with van der Waals surface area (Å²) in [5.74, 6) is 0.267. The van der Waals surface area contributed by atoms with E-state index in [1.807, 2.05) is 13.0 Å². The largest absolute Gasteiger partial charge is 0.283 e. The molecule has 1 unspecified atom stereocenters. The van der Waals surface area contributed by atoms with Gasteiger partial charge in [-0.15, -0.1) is 0 Å². The van der Waals surface area contributed by atoms with Gasteiger partial charge in [0.15, 0.2) is 0 Å². The Morgan fingerprint density at radius 3 is 2.56 bits per heavy atom. The van der Waals surface area contributed by atoms with E-state index in [-0.39, 0.29) is 5.92 Å². The number of benzene rings is 1. The van der Waals surface area contributed by atoms with Crippen LogP contribution in [0.15, 0.2) is 18.2 Å². The summed E-state index contributed by atoms with van der Waals surface area (Å²) >= 11 is 5.91. The topological polar surface area (TPSA) is 46.2 Å². The second-order valence-corrected chi connectivity index (χ2v) is 6.10. The van der Waals surface area contributed by atoms with E-state index < -0.39 is 10.0 Å². The second kappa shape index (κ2) is 5.06. The zero-order valence-electron chi connectivity index (χ0n) is 9.62. The van der Waals surface area contributed by atoms with Crippen molar-refractivity contribution in [2.45, 2.75) is 26.2 Å². The van der Waals surface area contributed by atoms with Crippen LogP contribution in [0.25, 0.3) is 0 Å². The van der Waals surface area contributed by atoms with E-state index in [0.717, 1.165) is 18.2 Å². The Hall–Kier alpha value is -0.740. The van der Waals surface area contributed by atoms with Gasteiger partial charge in [0, 0.05) is 5.02 Å². The van der Waals surface area contributed by atoms with Gasteiger partial charge in [0.1, 0.15) is 0 Å². The molecule has 0 heterocycles. The van der Waals surface area contributed by atoms with Crippen molar-refractivity contribution >= 4 is 27.3 Å². The zero-order valence-corrected chi connectivity index (χ0v) is 11.2. The van der Waals surface area contributed by atoms with E-state index in [2.05, 4.69) is 11.6 Å². The molecule has 1 aromatic rings. The molecule has 0 radical (unpaired) electrons. The van der Waals surface area contributed by atoms with Crippen molar-refractivity contribution in [1.82, 2.24) is 0 Å². The Morgan fingerprint density at radius 1 is 1.44 bits per heavy atom. The molecule has 3 nitrogen and oxygen atoms in total. The van der Waals surface area contributed by atoms with Crippen LogP contribution in [0.5, 0.6) is 0 Å². The molecular weight excluding hydrogens is 246 g/mol. The van der Waals surface area contributed by atoms with Gasteiger partial charge in [-0.25, -0.2) is 8.42 Å². The van der Waals surface area contributed by atoms with Crippen molar-refractivity contribution in [3.8, 4) is 0 Å². The Labute approximate surface area is 102 Å². The Balaban J connectivity index is 3.17. The normalized spacial score (nSPS) is 13.5. The molecule has 1 aromatic carbocycles. The molecule has 0 aliphatic carbocycles. The lowest BCUT2D eigenvalue weighted by atomic mass is 9.97. The third-order valence-corrected chi connectivity index (χ3v) is 3.28. The number of rotatable bonds is 4. The highest BCUT2D eigenvalue weighted by atomic mass is 35.5. The first-order valence-electron chi connectivity index (χ1n) is 5.10. The summed E-state index contributed by atoms with van der Waals surface area (Å²) in [7, 11) is -3.25. The van der Waals surface area contributed by atoms with Crippen molar-refractivity contribution in [3.63, 3.8) is 0 Å². The minimum atomic E-state index is -3.25. The Kier molecular flexibility index (Phi) is 4.21. The molecule has 5 heteroatoms. The molecule has 1 rings (SSSR count). The third kappa shape index (κ3) is 3.68. The minimum Gasteiger partial charge on any atom is -0.283 e. The summed E-state index contributed by atoms with van der Waals surface area (Å²) in [6, 6.07) is 5.19. The van der Waals surface area contributed by atoms with Gasteiger partial charge < -0.3 is 0 Å². The van der Waals surface area contributed by atoms with E-state index in [4.69, 9.17) is 11.6 Å². The summed E-state index contributed by atoms with van der Waals surface area (Å²) in [5.41, 5.74) is 1.54. The molecule has 0 aliphatic heterocycles. The van der Waals surface area contributed by atoms with Crippen LogP contribution in [0.3, 0.4) is 0 Å². The first-order valence-corrected chi connectivity index (χ1v) is 7.37. The average molecular weight is 262 g/mol. The maximum atomic E-state index is 11.2. The fourth-order valence-corrected chi connectivity index (χ4v) is 2.22. The number of hydrogen-bond acceptors (Lipinski definition) is 2. The van der Waals surface area contributed by atoms with Gasteiger partial charge in [0.25, 0.3) is 0 Å². The summed E-state index contributed by atoms with van der Waals surface area (Å²) in [5, 5.41) is 0.620. The standard InChI is InChI=1S/C11H16ClNO2S/c1-4-8(2)10-7-9(12)5-6-11(10)13-16(3,14)15/h5-8,13H,4H2,1-3H3. The molecule has 0 spiro atoms. The zero-order chi connectivity index (χ0) is 12.3. The molecule has 0 bridgehead atoms. The van der Waals surface area contributed by atoms with Gasteiger partial charge in [-0.3, -0.25) is 4.72 Å². The van der Waals surface area contributed by atoms with Gasteiger partial charge in [-0.1, -0.05) is 25.4 Å². The van der Waals surface area contributed by atoms with Crippen LogP contribution in [-0.4, -0.2) is 14.7 Å². The fraction of sp³-hybridized carbons (Fsp3) is 0.455. The maximum absolute atomic E-state index is 11.2. The van der Waals surface area contributed by atoms with Gasteiger partial charge in [-0.05, 0) is 36.1 Å². The molecule has 0 aromatic heterocycles. The van der Waals surface area contributed by atoms with Crippen molar-refractivity contribution in [3.05, 3.63) is 28.8 Å². The van der Waals surface area contributed by atoms with Crippen molar-refractivity contribution in [2.24, 2.45) is 0 Å². The average Bonchev–Trinajstić information content (AvgIpc) is 2.17. The molecule has 1 atom stereocenters. The van der Waals surface area contributed by atoms with Crippen LogP contribution in [0.1, 0.15) is 31.7 Å². The van der Waals surface area contributed by atoms with Crippen LogP contribution in [-0.2, 0) is 10.0 Å². The van der Waals surface area contributed by atoms with E-state index in [1.165, 1.54) is 0 Å². The summed E-state index contributed by atoms with van der Waals surface area (Å²) in [4.78, 5) is 0. The second-order valence-electron chi connectivity index (χ2n) is 3.92. The lowest BCUT2D eigenvalue weighted by Gasteiger charge is -2.15. The highest BCUT2D eigenvalue weighted by Crippen LogP contribution is 2.30. The van der Waals surface area contributed by atoms with Crippen LogP contribution in [0, 0.1) is 0 Å². The van der Waals surface area contributed by atoms with Crippen molar-refractivity contribution in [1.29, 1.82) is 0 Å². The van der Waals surface area contributed by atoms with E-state index in [9.17, 15) is 8.42 Å². The summed E-state index contributed by atoms with van der Waals surface area (Å²) in [6.45, 7) is 4.09. The first-order chi connectivity index (χ1) is 7.33. The van der Waals surface area contributed by atoms with Crippen LogP contribution in [0.2, 0.25) is 5.02 Å². The van der Waals surface area contributed by atoms with Gasteiger partial charge in [0.2, 0.25) is 10.0 Å². The smallest absolute Gasteiger partial charge is 0.229 e. The molecular formula is C11H16ClNO2S. The summed E-state index contributed by atoms with van der Waals surface area (Å²) < 4.78 is 24.9. The molecule has 0 saturated carbocycles. The number of halogens is 1. The third-order valence-electron chi connectivity index (χ3n) is 2.45. The molecule has 0 saturated heterocycles. The maximum Gasteiger partial charge on any atom is 0.229 e. The van der Waals surface area contributed by atoms with Crippen LogP contribution >= 0.6 is 11.6 Å². The highest BCUT2D eigenvalue weighted by molar-refractivity contribution is 7.92. The molecule has 1 N–H and O–H groups in total.